The predicted molar refractivity (Wildman–Crippen MR) is 72.8 cm³/mol. The number of fused-ring (bicyclic) bond motifs is 1. The van der Waals surface area contributed by atoms with E-state index in [0.29, 0.717) is 11.1 Å². The maximum absolute atomic E-state index is 12.1. The Morgan fingerprint density at radius 1 is 1.42 bits per heavy atom. The van der Waals surface area contributed by atoms with Crippen molar-refractivity contribution in [1.82, 2.24) is 5.32 Å². The SMILES string of the molecule is CCC(C)C1NC(=O)c2ccccc2/C1=C/C(=O)O. The Labute approximate surface area is 112 Å². The molecule has 0 saturated carbocycles. The molecule has 100 valence electrons. The van der Waals surface area contributed by atoms with Gasteiger partial charge >= 0.3 is 5.97 Å². The Morgan fingerprint density at radius 3 is 2.63 bits per heavy atom. The molecule has 0 bridgehead atoms. The first-order valence-electron chi connectivity index (χ1n) is 6.39. The number of hydrogen-bond donors (Lipinski definition) is 2. The topological polar surface area (TPSA) is 66.4 Å². The van der Waals surface area contributed by atoms with Crippen LogP contribution in [0.25, 0.3) is 5.57 Å². The van der Waals surface area contributed by atoms with Gasteiger partial charge in [0.1, 0.15) is 0 Å². The zero-order valence-corrected chi connectivity index (χ0v) is 11.0. The van der Waals surface area contributed by atoms with Gasteiger partial charge in [-0.15, -0.1) is 0 Å². The summed E-state index contributed by atoms with van der Waals surface area (Å²) in [5.41, 5.74) is 1.94. The first-order chi connectivity index (χ1) is 9.04. The summed E-state index contributed by atoms with van der Waals surface area (Å²) in [6.45, 7) is 4.03. The second kappa shape index (κ2) is 5.26. The lowest BCUT2D eigenvalue weighted by atomic mass is 9.82. The highest BCUT2D eigenvalue weighted by atomic mass is 16.4. The quantitative estimate of drug-likeness (QED) is 0.819. The number of carbonyl (C=O) groups is 2. The molecular formula is C15H17NO3. The third-order valence-corrected chi connectivity index (χ3v) is 3.60. The fraction of sp³-hybridized carbons (Fsp3) is 0.333. The third-order valence-electron chi connectivity index (χ3n) is 3.60. The van der Waals surface area contributed by atoms with Crippen molar-refractivity contribution in [1.29, 1.82) is 0 Å². The Balaban J connectivity index is 2.57. The van der Waals surface area contributed by atoms with Crippen LogP contribution in [0.5, 0.6) is 0 Å². The summed E-state index contributed by atoms with van der Waals surface area (Å²) < 4.78 is 0. The van der Waals surface area contributed by atoms with E-state index in [9.17, 15) is 9.59 Å². The first-order valence-corrected chi connectivity index (χ1v) is 6.39. The van der Waals surface area contributed by atoms with Crippen molar-refractivity contribution >= 4 is 17.4 Å². The van der Waals surface area contributed by atoms with Crippen LogP contribution in [0.15, 0.2) is 30.3 Å². The zero-order chi connectivity index (χ0) is 14.0. The molecule has 1 aromatic carbocycles. The third kappa shape index (κ3) is 2.52. The minimum absolute atomic E-state index is 0.136. The van der Waals surface area contributed by atoms with Crippen molar-refractivity contribution in [2.45, 2.75) is 26.3 Å². The van der Waals surface area contributed by atoms with Crippen LogP contribution in [-0.2, 0) is 4.79 Å². The largest absolute Gasteiger partial charge is 0.478 e. The first kappa shape index (κ1) is 13.3. The molecule has 0 aromatic heterocycles. The predicted octanol–water partition coefficient (Wildman–Crippen LogP) is 2.31. The van der Waals surface area contributed by atoms with Crippen molar-refractivity contribution in [3.63, 3.8) is 0 Å². The molecule has 4 heteroatoms. The number of nitrogens with one attached hydrogen (secondary N) is 1. The van der Waals surface area contributed by atoms with E-state index in [1.165, 1.54) is 6.08 Å². The van der Waals surface area contributed by atoms with E-state index in [0.717, 1.165) is 12.0 Å². The summed E-state index contributed by atoms with van der Waals surface area (Å²) in [6, 6.07) is 6.87. The van der Waals surface area contributed by atoms with Crippen LogP contribution in [-0.4, -0.2) is 23.0 Å². The second-order valence-electron chi connectivity index (χ2n) is 4.82. The Hall–Kier alpha value is -2.10. The van der Waals surface area contributed by atoms with Crippen molar-refractivity contribution in [3.8, 4) is 0 Å². The number of benzene rings is 1. The van der Waals surface area contributed by atoms with Crippen molar-refractivity contribution < 1.29 is 14.7 Å². The molecule has 0 radical (unpaired) electrons. The van der Waals surface area contributed by atoms with E-state index in [1.807, 2.05) is 19.9 Å². The highest BCUT2D eigenvalue weighted by Crippen LogP contribution is 2.31. The summed E-state index contributed by atoms with van der Waals surface area (Å²) in [6.07, 6.45) is 2.07. The van der Waals surface area contributed by atoms with Crippen LogP contribution in [0.1, 0.15) is 36.2 Å². The summed E-state index contributed by atoms with van der Waals surface area (Å²) >= 11 is 0. The smallest absolute Gasteiger partial charge is 0.328 e. The molecule has 2 N–H and O–H groups in total. The number of rotatable bonds is 3. The van der Waals surface area contributed by atoms with Gasteiger partial charge in [0.25, 0.3) is 5.91 Å². The summed E-state index contributed by atoms with van der Waals surface area (Å²) in [5, 5.41) is 11.9. The monoisotopic (exact) mass is 259 g/mol. The number of hydrogen-bond acceptors (Lipinski definition) is 2. The minimum Gasteiger partial charge on any atom is -0.478 e. The van der Waals surface area contributed by atoms with Crippen molar-refractivity contribution in [3.05, 3.63) is 41.5 Å². The second-order valence-corrected chi connectivity index (χ2v) is 4.82. The highest BCUT2D eigenvalue weighted by molar-refractivity contribution is 6.06. The molecule has 0 spiro atoms. The summed E-state index contributed by atoms with van der Waals surface area (Å²) in [4.78, 5) is 23.1. The molecule has 1 amide bonds. The van der Waals surface area contributed by atoms with Crippen molar-refractivity contribution in [2.75, 3.05) is 0 Å². The maximum atomic E-state index is 12.1. The lowest BCUT2D eigenvalue weighted by molar-refractivity contribution is -0.131. The van der Waals surface area contributed by atoms with Crippen LogP contribution in [0.4, 0.5) is 0 Å². The molecule has 0 saturated heterocycles. The van der Waals surface area contributed by atoms with Crippen LogP contribution in [0.2, 0.25) is 0 Å². The van der Waals surface area contributed by atoms with Gasteiger partial charge in [-0.1, -0.05) is 38.5 Å². The normalized spacial score (nSPS) is 21.7. The number of aliphatic carboxylic acids is 1. The number of carboxylic acid groups (broad SMARTS) is 1. The van der Waals surface area contributed by atoms with Gasteiger partial charge in [-0.05, 0) is 23.1 Å². The lowest BCUT2D eigenvalue weighted by Gasteiger charge is -2.32. The van der Waals surface area contributed by atoms with Crippen LogP contribution in [0.3, 0.4) is 0 Å². The van der Waals surface area contributed by atoms with Crippen LogP contribution < -0.4 is 5.32 Å². The van der Waals surface area contributed by atoms with Gasteiger partial charge in [-0.3, -0.25) is 4.79 Å². The number of carboxylic acids is 1. The van der Waals surface area contributed by atoms with E-state index in [-0.39, 0.29) is 17.9 Å². The molecule has 1 aliphatic rings. The van der Waals surface area contributed by atoms with E-state index >= 15 is 0 Å². The summed E-state index contributed by atoms with van der Waals surface area (Å²) in [5.74, 6) is -0.944. The number of carbonyl (C=O) groups excluding carboxylic acids is 1. The molecule has 4 nitrogen and oxygen atoms in total. The molecular weight excluding hydrogens is 242 g/mol. The molecule has 0 aliphatic carbocycles. The fourth-order valence-electron chi connectivity index (χ4n) is 2.38. The average Bonchev–Trinajstić information content (AvgIpc) is 2.40. The molecule has 2 unspecified atom stereocenters. The Kier molecular flexibility index (Phi) is 3.69. The van der Waals surface area contributed by atoms with Crippen molar-refractivity contribution in [2.24, 2.45) is 5.92 Å². The zero-order valence-electron chi connectivity index (χ0n) is 11.0. The van der Waals surface area contributed by atoms with E-state index in [1.54, 1.807) is 18.2 Å². The maximum Gasteiger partial charge on any atom is 0.328 e. The van der Waals surface area contributed by atoms with E-state index in [4.69, 9.17) is 5.11 Å². The van der Waals surface area contributed by atoms with Gasteiger partial charge in [0, 0.05) is 11.6 Å². The number of amides is 1. The fourth-order valence-corrected chi connectivity index (χ4v) is 2.38. The summed E-state index contributed by atoms with van der Waals surface area (Å²) in [7, 11) is 0. The van der Waals surface area contributed by atoms with Gasteiger partial charge < -0.3 is 10.4 Å². The Bertz CT molecular complexity index is 548. The molecule has 2 rings (SSSR count). The lowest BCUT2D eigenvalue weighted by Crippen LogP contribution is -2.44. The van der Waals surface area contributed by atoms with Gasteiger partial charge in [0.05, 0.1) is 6.04 Å². The molecule has 2 atom stereocenters. The Morgan fingerprint density at radius 2 is 2.05 bits per heavy atom. The van der Waals surface area contributed by atoms with Gasteiger partial charge in [0.15, 0.2) is 0 Å². The standard InChI is InChI=1S/C15H17NO3/c1-3-9(2)14-12(8-13(17)18)10-6-4-5-7-11(10)15(19)16-14/h4-9,14H,3H2,1-2H3,(H,16,19)(H,17,18)/b12-8-. The molecule has 0 fully saturated rings. The van der Waals surface area contributed by atoms with Gasteiger partial charge in [0.2, 0.25) is 0 Å². The van der Waals surface area contributed by atoms with E-state index < -0.39 is 5.97 Å². The minimum atomic E-state index is -0.991. The highest BCUT2D eigenvalue weighted by Gasteiger charge is 2.31. The average molecular weight is 259 g/mol. The molecule has 1 aromatic rings. The van der Waals surface area contributed by atoms with E-state index in [2.05, 4.69) is 5.32 Å². The van der Waals surface area contributed by atoms with Gasteiger partial charge in [-0.2, -0.15) is 0 Å². The molecule has 19 heavy (non-hydrogen) atoms. The van der Waals surface area contributed by atoms with Crippen LogP contribution >= 0.6 is 0 Å². The van der Waals surface area contributed by atoms with Crippen LogP contribution in [0, 0.1) is 5.92 Å². The molecule has 1 heterocycles. The molecule has 1 aliphatic heterocycles. The van der Waals surface area contributed by atoms with Gasteiger partial charge in [-0.25, -0.2) is 4.79 Å².